The monoisotopic (exact) mass is 545 g/mol. The highest BCUT2D eigenvalue weighted by molar-refractivity contribution is 9.10. The van der Waals surface area contributed by atoms with Crippen molar-refractivity contribution >= 4 is 65.7 Å². The van der Waals surface area contributed by atoms with E-state index in [9.17, 15) is 17.7 Å². The SMILES string of the molecule is N#CNC(=Nc1ccccc1Br)Nc1ccc(Cl)c(S(=O)(=O)N2CCS(=O)CC2)c1O. The van der Waals surface area contributed by atoms with Crippen molar-refractivity contribution in [2.45, 2.75) is 4.90 Å². The maximum atomic E-state index is 13.1. The molecule has 3 N–H and O–H groups in total. The molecular weight excluding hydrogens is 530 g/mol. The van der Waals surface area contributed by atoms with Crippen LogP contribution in [0.25, 0.3) is 0 Å². The number of aliphatic imine (C=N–C) groups is 1. The number of hydrogen-bond donors (Lipinski definition) is 3. The summed E-state index contributed by atoms with van der Waals surface area (Å²) in [4.78, 5) is 3.82. The minimum atomic E-state index is -4.14. The van der Waals surface area contributed by atoms with Gasteiger partial charge in [-0.25, -0.2) is 13.4 Å². The van der Waals surface area contributed by atoms with E-state index in [1.54, 1.807) is 30.5 Å². The first kappa shape index (κ1) is 23.5. The Balaban J connectivity index is 1.99. The van der Waals surface area contributed by atoms with Crippen molar-refractivity contribution < 1.29 is 17.7 Å². The Hall–Kier alpha value is -2.17. The van der Waals surface area contributed by atoms with Crippen molar-refractivity contribution in [3.8, 4) is 11.9 Å². The molecule has 0 saturated carbocycles. The number of anilines is 1. The number of benzene rings is 2. The number of phenolic OH excluding ortho intramolecular Hbond substituents is 1. The first-order valence-corrected chi connectivity index (χ1v) is 13.0. The van der Waals surface area contributed by atoms with Gasteiger partial charge in [0.25, 0.3) is 0 Å². The van der Waals surface area contributed by atoms with Crippen LogP contribution in [-0.4, -0.2) is 52.6 Å². The second-order valence-corrected chi connectivity index (χ2v) is 11.1. The van der Waals surface area contributed by atoms with E-state index in [2.05, 4.69) is 31.6 Å². The van der Waals surface area contributed by atoms with Gasteiger partial charge >= 0.3 is 0 Å². The second-order valence-electron chi connectivity index (χ2n) is 6.30. The molecule has 1 saturated heterocycles. The number of phenols is 1. The molecule has 9 nitrogen and oxygen atoms in total. The predicted octanol–water partition coefficient (Wildman–Crippen LogP) is 2.73. The number of nitrogens with one attached hydrogen (secondary N) is 2. The largest absolute Gasteiger partial charge is 0.504 e. The number of nitrogens with zero attached hydrogens (tertiary/aromatic N) is 3. The molecule has 1 heterocycles. The molecule has 0 aliphatic carbocycles. The van der Waals surface area contributed by atoms with Crippen molar-refractivity contribution in [2.24, 2.45) is 4.99 Å². The van der Waals surface area contributed by atoms with Crippen molar-refractivity contribution in [3.63, 3.8) is 0 Å². The van der Waals surface area contributed by atoms with Gasteiger partial charge in [0.05, 0.1) is 16.4 Å². The number of nitriles is 1. The van der Waals surface area contributed by atoms with Crippen molar-refractivity contribution in [3.05, 3.63) is 45.9 Å². The molecule has 1 aliphatic heterocycles. The normalized spacial score (nSPS) is 16.0. The highest BCUT2D eigenvalue weighted by atomic mass is 79.9. The van der Waals surface area contributed by atoms with Crippen LogP contribution < -0.4 is 10.6 Å². The molecule has 0 spiro atoms. The van der Waals surface area contributed by atoms with Crippen molar-refractivity contribution in [1.82, 2.24) is 9.62 Å². The molecule has 164 valence electrons. The van der Waals surface area contributed by atoms with E-state index in [1.807, 2.05) is 0 Å². The maximum Gasteiger partial charge on any atom is 0.248 e. The van der Waals surface area contributed by atoms with Crippen LogP contribution in [-0.2, 0) is 20.8 Å². The molecule has 2 aromatic rings. The predicted molar refractivity (Wildman–Crippen MR) is 123 cm³/mol. The van der Waals surface area contributed by atoms with E-state index >= 15 is 0 Å². The minimum Gasteiger partial charge on any atom is -0.504 e. The molecule has 13 heteroatoms. The highest BCUT2D eigenvalue weighted by Crippen LogP contribution is 2.39. The second kappa shape index (κ2) is 9.97. The number of para-hydroxylation sites is 1. The van der Waals surface area contributed by atoms with Gasteiger partial charge in [-0.2, -0.15) is 9.57 Å². The molecule has 3 rings (SSSR count). The summed E-state index contributed by atoms with van der Waals surface area (Å²) in [5.74, 6) is -0.225. The number of guanidine groups is 1. The fourth-order valence-electron chi connectivity index (χ4n) is 2.81. The fraction of sp³-hybridized carbons (Fsp3) is 0.222. The van der Waals surface area contributed by atoms with Crippen LogP contribution in [0.5, 0.6) is 5.75 Å². The first-order chi connectivity index (χ1) is 14.7. The van der Waals surface area contributed by atoms with E-state index in [-0.39, 0.29) is 41.3 Å². The van der Waals surface area contributed by atoms with Gasteiger partial charge in [0, 0.05) is 39.9 Å². The summed E-state index contributed by atoms with van der Waals surface area (Å²) in [6, 6.07) is 9.70. The van der Waals surface area contributed by atoms with Gasteiger partial charge < -0.3 is 10.4 Å². The summed E-state index contributed by atoms with van der Waals surface area (Å²) in [5, 5.41) is 24.7. The number of halogens is 2. The van der Waals surface area contributed by atoms with Crippen LogP contribution in [0.15, 0.2) is 50.8 Å². The molecule has 0 bridgehead atoms. The molecule has 1 fully saturated rings. The van der Waals surface area contributed by atoms with Gasteiger partial charge in [0.1, 0.15) is 4.90 Å². The van der Waals surface area contributed by atoms with E-state index in [4.69, 9.17) is 16.9 Å². The third-order valence-electron chi connectivity index (χ3n) is 4.33. The molecule has 0 radical (unpaired) electrons. The fourth-order valence-corrected chi connectivity index (χ4v) is 6.51. The molecule has 0 aromatic heterocycles. The molecule has 2 aromatic carbocycles. The number of sulfonamides is 1. The van der Waals surface area contributed by atoms with Gasteiger partial charge in [-0.15, -0.1) is 0 Å². The van der Waals surface area contributed by atoms with Crippen LogP contribution in [0, 0.1) is 11.5 Å². The Morgan fingerprint density at radius 2 is 1.94 bits per heavy atom. The lowest BCUT2D eigenvalue weighted by molar-refractivity contribution is 0.426. The number of aromatic hydroxyl groups is 1. The summed E-state index contributed by atoms with van der Waals surface area (Å²) in [5.41, 5.74) is 0.479. The average Bonchev–Trinajstić information content (AvgIpc) is 2.72. The molecule has 0 unspecified atom stereocenters. The van der Waals surface area contributed by atoms with E-state index in [1.165, 1.54) is 12.1 Å². The zero-order chi connectivity index (χ0) is 22.6. The maximum absolute atomic E-state index is 13.1. The Bertz CT molecular complexity index is 1190. The lowest BCUT2D eigenvalue weighted by Gasteiger charge is -2.26. The molecular formula is C18H17BrClN5O4S2. The third kappa shape index (κ3) is 5.36. The molecule has 0 amide bonds. The lowest BCUT2D eigenvalue weighted by atomic mass is 10.3. The van der Waals surface area contributed by atoms with Gasteiger partial charge in [0.2, 0.25) is 16.0 Å². The lowest BCUT2D eigenvalue weighted by Crippen LogP contribution is -2.41. The Morgan fingerprint density at radius 3 is 2.58 bits per heavy atom. The van der Waals surface area contributed by atoms with Crippen molar-refractivity contribution in [1.29, 1.82) is 5.26 Å². The van der Waals surface area contributed by atoms with Gasteiger partial charge in [-0.3, -0.25) is 9.53 Å². The van der Waals surface area contributed by atoms with E-state index < -0.39 is 31.5 Å². The summed E-state index contributed by atoms with van der Waals surface area (Å²) in [6.07, 6.45) is 1.74. The van der Waals surface area contributed by atoms with Gasteiger partial charge in [-0.1, -0.05) is 23.7 Å². The average molecular weight is 547 g/mol. The zero-order valence-corrected chi connectivity index (χ0v) is 19.9. The Kier molecular flexibility index (Phi) is 7.55. The Morgan fingerprint density at radius 1 is 1.26 bits per heavy atom. The minimum absolute atomic E-state index is 0.0166. The Labute approximate surface area is 195 Å². The molecule has 1 aliphatic rings. The van der Waals surface area contributed by atoms with Gasteiger partial charge in [-0.05, 0) is 40.2 Å². The highest BCUT2D eigenvalue weighted by Gasteiger charge is 2.33. The zero-order valence-electron chi connectivity index (χ0n) is 15.9. The molecule has 31 heavy (non-hydrogen) atoms. The topological polar surface area (TPSA) is 135 Å². The van der Waals surface area contributed by atoms with Gasteiger partial charge in [0.15, 0.2) is 11.9 Å². The van der Waals surface area contributed by atoms with E-state index in [0.717, 1.165) is 4.31 Å². The first-order valence-electron chi connectivity index (χ1n) is 8.86. The van der Waals surface area contributed by atoms with Crippen LogP contribution >= 0.6 is 27.5 Å². The van der Waals surface area contributed by atoms with Crippen LogP contribution in [0.1, 0.15) is 0 Å². The third-order valence-corrected chi connectivity index (χ3v) is 8.68. The summed E-state index contributed by atoms with van der Waals surface area (Å²) < 4.78 is 39.6. The summed E-state index contributed by atoms with van der Waals surface area (Å²) in [6.45, 7) is 0.125. The van der Waals surface area contributed by atoms with Crippen molar-refractivity contribution in [2.75, 3.05) is 29.9 Å². The standard InChI is InChI=1S/C18H17BrClN5O4S2/c19-12-3-1-2-4-14(12)23-18(22-11-21)24-15-6-5-13(20)17(16(15)26)31(28,29)25-7-9-30(27)10-8-25/h1-6,26H,7-10H2,(H2,22,23,24). The summed E-state index contributed by atoms with van der Waals surface area (Å²) in [7, 11) is -5.21. The van der Waals surface area contributed by atoms with E-state index in [0.29, 0.717) is 10.2 Å². The summed E-state index contributed by atoms with van der Waals surface area (Å²) >= 11 is 9.48. The quantitative estimate of drug-likeness (QED) is 0.176. The smallest absolute Gasteiger partial charge is 0.248 e. The van der Waals surface area contributed by atoms with Crippen LogP contribution in [0.2, 0.25) is 5.02 Å². The van der Waals surface area contributed by atoms with Crippen LogP contribution in [0.3, 0.4) is 0 Å². The molecule has 0 atom stereocenters. The number of hydrogen-bond acceptors (Lipinski definition) is 6. The van der Waals surface area contributed by atoms with Crippen LogP contribution in [0.4, 0.5) is 11.4 Å². The number of rotatable bonds is 4.